The molecule has 1 atom stereocenters. The van der Waals surface area contributed by atoms with Gasteiger partial charge in [-0.1, -0.05) is 13.8 Å². The van der Waals surface area contributed by atoms with Gasteiger partial charge in [-0.05, 0) is 25.8 Å². The Kier molecular flexibility index (Phi) is 6.49. The molecule has 0 fully saturated rings. The predicted octanol–water partition coefficient (Wildman–Crippen LogP) is 0.167. The van der Waals surface area contributed by atoms with Crippen molar-refractivity contribution in [2.45, 2.75) is 33.2 Å². The molecule has 0 heterocycles. The van der Waals surface area contributed by atoms with Gasteiger partial charge in [0, 0.05) is 13.1 Å². The van der Waals surface area contributed by atoms with E-state index in [0.29, 0.717) is 12.5 Å². The topological polar surface area (TPSA) is 72.3 Å². The summed E-state index contributed by atoms with van der Waals surface area (Å²) < 4.78 is 0. The fourth-order valence-corrected chi connectivity index (χ4v) is 1.39. The summed E-state index contributed by atoms with van der Waals surface area (Å²) in [6.07, 6.45) is 0.907. The third-order valence-corrected chi connectivity index (χ3v) is 2.21. The molecule has 1 unspecified atom stereocenters. The Hall–Kier alpha value is -0.610. The van der Waals surface area contributed by atoms with Crippen LogP contribution in [0.2, 0.25) is 0 Å². The number of amides is 1. The molecule has 4 heteroatoms. The Balaban J connectivity index is 4.15. The molecular weight excluding hydrogens is 178 g/mol. The zero-order chi connectivity index (χ0) is 11.1. The van der Waals surface area contributed by atoms with Crippen molar-refractivity contribution >= 4 is 5.91 Å². The molecule has 0 aromatic carbocycles. The number of nitrogens with zero attached hydrogens (tertiary/aromatic N) is 1. The van der Waals surface area contributed by atoms with Gasteiger partial charge < -0.3 is 11.5 Å². The summed E-state index contributed by atoms with van der Waals surface area (Å²) in [5, 5.41) is 0. The quantitative estimate of drug-likeness (QED) is 0.616. The highest BCUT2D eigenvalue weighted by molar-refractivity contribution is 5.79. The molecule has 84 valence electrons. The maximum atomic E-state index is 11.0. The van der Waals surface area contributed by atoms with Crippen LogP contribution in [-0.4, -0.2) is 36.5 Å². The van der Waals surface area contributed by atoms with Gasteiger partial charge >= 0.3 is 0 Å². The van der Waals surface area contributed by atoms with Gasteiger partial charge in [-0.3, -0.25) is 9.69 Å². The zero-order valence-corrected chi connectivity index (χ0v) is 9.49. The van der Waals surface area contributed by atoms with Gasteiger partial charge in [-0.2, -0.15) is 0 Å². The number of carbonyl (C=O) groups excluding carboxylic acids is 1. The van der Waals surface area contributed by atoms with Gasteiger partial charge in [-0.25, -0.2) is 0 Å². The average molecular weight is 201 g/mol. The second-order valence-corrected chi connectivity index (χ2v) is 4.11. The van der Waals surface area contributed by atoms with Crippen molar-refractivity contribution in [3.63, 3.8) is 0 Å². The first kappa shape index (κ1) is 13.4. The number of hydrogen-bond donors (Lipinski definition) is 2. The SMILES string of the molecule is CC(C)CN(CCCN)C(C)C(N)=O. The van der Waals surface area contributed by atoms with Crippen LogP contribution in [-0.2, 0) is 4.79 Å². The molecule has 0 spiro atoms. The fraction of sp³-hybridized carbons (Fsp3) is 0.900. The number of nitrogens with two attached hydrogens (primary N) is 2. The molecule has 0 aliphatic rings. The van der Waals surface area contributed by atoms with Gasteiger partial charge in [0.25, 0.3) is 0 Å². The van der Waals surface area contributed by atoms with Gasteiger partial charge in [0.2, 0.25) is 5.91 Å². The molecule has 14 heavy (non-hydrogen) atoms. The lowest BCUT2D eigenvalue weighted by Gasteiger charge is -2.28. The largest absolute Gasteiger partial charge is 0.368 e. The van der Waals surface area contributed by atoms with Crippen LogP contribution in [0.5, 0.6) is 0 Å². The van der Waals surface area contributed by atoms with E-state index in [1.165, 1.54) is 0 Å². The highest BCUT2D eigenvalue weighted by Gasteiger charge is 2.18. The van der Waals surface area contributed by atoms with Crippen molar-refractivity contribution in [3.05, 3.63) is 0 Å². The van der Waals surface area contributed by atoms with Crippen molar-refractivity contribution in [1.82, 2.24) is 4.90 Å². The third kappa shape index (κ3) is 5.19. The third-order valence-electron chi connectivity index (χ3n) is 2.21. The number of carbonyl (C=O) groups is 1. The van der Waals surface area contributed by atoms with E-state index in [4.69, 9.17) is 11.5 Å². The maximum absolute atomic E-state index is 11.0. The van der Waals surface area contributed by atoms with Crippen molar-refractivity contribution < 1.29 is 4.79 Å². The monoisotopic (exact) mass is 201 g/mol. The second-order valence-electron chi connectivity index (χ2n) is 4.11. The summed E-state index contributed by atoms with van der Waals surface area (Å²) in [6, 6.07) is -0.191. The van der Waals surface area contributed by atoms with Crippen molar-refractivity contribution in [2.75, 3.05) is 19.6 Å². The summed E-state index contributed by atoms with van der Waals surface area (Å²) in [5.74, 6) is 0.275. The smallest absolute Gasteiger partial charge is 0.234 e. The molecule has 1 amide bonds. The molecular formula is C10H23N3O. The van der Waals surface area contributed by atoms with Crippen molar-refractivity contribution in [1.29, 1.82) is 0 Å². The summed E-state index contributed by atoms with van der Waals surface area (Å²) in [7, 11) is 0. The van der Waals surface area contributed by atoms with E-state index in [9.17, 15) is 4.79 Å². The zero-order valence-electron chi connectivity index (χ0n) is 9.49. The molecule has 0 rings (SSSR count). The van der Waals surface area contributed by atoms with Crippen molar-refractivity contribution in [2.24, 2.45) is 17.4 Å². The summed E-state index contributed by atoms with van der Waals surface area (Å²) in [4.78, 5) is 13.1. The Labute approximate surface area is 86.6 Å². The van der Waals surface area contributed by atoms with Crippen LogP contribution in [0, 0.1) is 5.92 Å². The highest BCUT2D eigenvalue weighted by Crippen LogP contribution is 2.04. The minimum Gasteiger partial charge on any atom is -0.368 e. The van der Waals surface area contributed by atoms with Gasteiger partial charge in [-0.15, -0.1) is 0 Å². The first-order chi connectivity index (χ1) is 6.49. The standard InChI is InChI=1S/C10H23N3O/c1-8(2)7-13(6-4-5-11)9(3)10(12)14/h8-9H,4-7,11H2,1-3H3,(H2,12,14). The molecule has 0 aromatic rings. The summed E-state index contributed by atoms with van der Waals surface area (Å²) >= 11 is 0. The van der Waals surface area contributed by atoms with E-state index in [-0.39, 0.29) is 11.9 Å². The lowest BCUT2D eigenvalue weighted by molar-refractivity contribution is -0.122. The first-order valence-electron chi connectivity index (χ1n) is 5.22. The molecule has 0 aromatic heterocycles. The van der Waals surface area contributed by atoms with Crippen LogP contribution in [0.15, 0.2) is 0 Å². The normalized spacial score (nSPS) is 13.6. The molecule has 4 N–H and O–H groups in total. The summed E-state index contributed by atoms with van der Waals surface area (Å²) in [5.41, 5.74) is 10.7. The molecule has 0 saturated heterocycles. The first-order valence-corrected chi connectivity index (χ1v) is 5.22. The molecule has 0 aliphatic carbocycles. The van der Waals surface area contributed by atoms with Gasteiger partial charge in [0.1, 0.15) is 0 Å². The van der Waals surface area contributed by atoms with Crippen LogP contribution < -0.4 is 11.5 Å². The van der Waals surface area contributed by atoms with E-state index in [0.717, 1.165) is 19.5 Å². The number of rotatable bonds is 7. The predicted molar refractivity (Wildman–Crippen MR) is 58.7 cm³/mol. The van der Waals surface area contributed by atoms with E-state index < -0.39 is 0 Å². The molecule has 0 aliphatic heterocycles. The fourth-order valence-electron chi connectivity index (χ4n) is 1.39. The molecule has 0 saturated carbocycles. The van der Waals surface area contributed by atoms with E-state index in [1.807, 2.05) is 6.92 Å². The molecule has 4 nitrogen and oxygen atoms in total. The van der Waals surface area contributed by atoms with Gasteiger partial charge in [0.05, 0.1) is 6.04 Å². The Morgan fingerprint density at radius 1 is 1.36 bits per heavy atom. The Bertz CT molecular complexity index is 171. The second kappa shape index (κ2) is 6.79. The van der Waals surface area contributed by atoms with Crippen LogP contribution in [0.4, 0.5) is 0 Å². The highest BCUT2D eigenvalue weighted by atomic mass is 16.1. The number of hydrogen-bond acceptors (Lipinski definition) is 3. The summed E-state index contributed by atoms with van der Waals surface area (Å²) in [6.45, 7) is 8.50. The lowest BCUT2D eigenvalue weighted by atomic mass is 10.1. The van der Waals surface area contributed by atoms with E-state index in [2.05, 4.69) is 18.7 Å². The van der Waals surface area contributed by atoms with Crippen LogP contribution >= 0.6 is 0 Å². The Morgan fingerprint density at radius 2 is 1.93 bits per heavy atom. The van der Waals surface area contributed by atoms with Crippen molar-refractivity contribution in [3.8, 4) is 0 Å². The van der Waals surface area contributed by atoms with Gasteiger partial charge in [0.15, 0.2) is 0 Å². The van der Waals surface area contributed by atoms with Crippen LogP contribution in [0.1, 0.15) is 27.2 Å². The molecule has 0 bridgehead atoms. The van der Waals surface area contributed by atoms with E-state index in [1.54, 1.807) is 0 Å². The van der Waals surface area contributed by atoms with E-state index >= 15 is 0 Å². The Morgan fingerprint density at radius 3 is 2.29 bits per heavy atom. The van der Waals surface area contributed by atoms with Crippen LogP contribution in [0.3, 0.4) is 0 Å². The average Bonchev–Trinajstić information content (AvgIpc) is 2.10. The minimum atomic E-state index is -0.261. The number of primary amides is 1. The maximum Gasteiger partial charge on any atom is 0.234 e. The van der Waals surface area contributed by atoms with Crippen LogP contribution in [0.25, 0.3) is 0 Å². The minimum absolute atomic E-state index is 0.191. The lowest BCUT2D eigenvalue weighted by Crippen LogP contribution is -2.45. The molecule has 0 radical (unpaired) electrons.